The van der Waals surface area contributed by atoms with E-state index in [2.05, 4.69) is 10.6 Å². The summed E-state index contributed by atoms with van der Waals surface area (Å²) in [7, 11) is 0. The van der Waals surface area contributed by atoms with Crippen LogP contribution in [0.1, 0.15) is 24.3 Å². The molecule has 3 rings (SSSR count). The molecular formula is C15H16N2O3. The number of carbonyl (C=O) groups excluding carboxylic acids is 1. The van der Waals surface area contributed by atoms with Crippen molar-refractivity contribution in [2.45, 2.75) is 19.6 Å². The second kappa shape index (κ2) is 5.38. The molecule has 0 radical (unpaired) electrons. The number of amides is 1. The van der Waals surface area contributed by atoms with E-state index in [-0.39, 0.29) is 11.9 Å². The number of carbonyl (C=O) groups is 1. The van der Waals surface area contributed by atoms with Crippen LogP contribution < -0.4 is 15.4 Å². The highest BCUT2D eigenvalue weighted by atomic mass is 16.5. The van der Waals surface area contributed by atoms with Gasteiger partial charge in [-0.1, -0.05) is 13.0 Å². The van der Waals surface area contributed by atoms with Gasteiger partial charge in [-0.05, 0) is 24.7 Å². The van der Waals surface area contributed by atoms with Gasteiger partial charge in [-0.3, -0.25) is 4.79 Å². The topological polar surface area (TPSA) is 63.5 Å². The van der Waals surface area contributed by atoms with Gasteiger partial charge in [0, 0.05) is 17.3 Å². The molecule has 1 aromatic carbocycles. The Bertz CT molecular complexity index is 608. The van der Waals surface area contributed by atoms with Crippen LogP contribution in [0, 0.1) is 0 Å². The van der Waals surface area contributed by atoms with E-state index < -0.39 is 0 Å². The maximum atomic E-state index is 11.8. The first-order valence-corrected chi connectivity index (χ1v) is 6.61. The monoisotopic (exact) mass is 272 g/mol. The van der Waals surface area contributed by atoms with Gasteiger partial charge in [0.1, 0.15) is 24.2 Å². The quantitative estimate of drug-likeness (QED) is 0.877. The van der Waals surface area contributed by atoms with Crippen LogP contribution in [0.25, 0.3) is 0 Å². The number of hydrogen-bond acceptors (Lipinski definition) is 4. The second-order valence-corrected chi connectivity index (χ2v) is 4.60. The second-order valence-electron chi connectivity index (χ2n) is 4.60. The van der Waals surface area contributed by atoms with E-state index in [1.165, 1.54) is 0 Å². The van der Waals surface area contributed by atoms with Gasteiger partial charge in [-0.2, -0.15) is 0 Å². The Balaban J connectivity index is 1.74. The van der Waals surface area contributed by atoms with Crippen LogP contribution in [0.15, 0.2) is 41.0 Å². The van der Waals surface area contributed by atoms with E-state index in [0.717, 1.165) is 23.6 Å². The summed E-state index contributed by atoms with van der Waals surface area (Å²) in [5, 5.41) is 6.02. The zero-order valence-electron chi connectivity index (χ0n) is 11.2. The van der Waals surface area contributed by atoms with Crippen LogP contribution in [-0.4, -0.2) is 12.5 Å². The number of hydrogen-bond donors (Lipinski definition) is 2. The van der Waals surface area contributed by atoms with Gasteiger partial charge in [0.05, 0.1) is 6.26 Å². The number of likely N-dealkylation sites (N-methyl/N-ethyl adjacent to an activating group) is 1. The SMILES string of the molecule is CCNC1C(=O)Nc2cc(OCc3ccco3)ccc21. The maximum absolute atomic E-state index is 11.8. The largest absolute Gasteiger partial charge is 0.486 e. The van der Waals surface area contributed by atoms with Gasteiger partial charge < -0.3 is 19.8 Å². The first-order valence-electron chi connectivity index (χ1n) is 6.61. The van der Waals surface area contributed by atoms with E-state index in [4.69, 9.17) is 9.15 Å². The lowest BCUT2D eigenvalue weighted by atomic mass is 10.1. The Morgan fingerprint density at radius 3 is 3.05 bits per heavy atom. The summed E-state index contributed by atoms with van der Waals surface area (Å²) in [5.41, 5.74) is 1.76. The molecule has 1 atom stereocenters. The van der Waals surface area contributed by atoms with Crippen molar-refractivity contribution in [3.8, 4) is 5.75 Å². The Hall–Kier alpha value is -2.27. The first-order chi connectivity index (χ1) is 9.78. The molecule has 0 spiro atoms. The zero-order chi connectivity index (χ0) is 13.9. The van der Waals surface area contributed by atoms with E-state index in [1.54, 1.807) is 6.26 Å². The molecule has 1 aliphatic heterocycles. The average Bonchev–Trinajstić information content (AvgIpc) is 3.05. The summed E-state index contributed by atoms with van der Waals surface area (Å²) >= 11 is 0. The van der Waals surface area contributed by atoms with Crippen molar-refractivity contribution >= 4 is 11.6 Å². The van der Waals surface area contributed by atoms with Crippen molar-refractivity contribution in [2.24, 2.45) is 0 Å². The van der Waals surface area contributed by atoms with E-state index >= 15 is 0 Å². The lowest BCUT2D eigenvalue weighted by Crippen LogP contribution is -2.27. The molecule has 1 amide bonds. The van der Waals surface area contributed by atoms with Crippen molar-refractivity contribution in [3.05, 3.63) is 47.9 Å². The molecule has 0 fully saturated rings. The lowest BCUT2D eigenvalue weighted by Gasteiger charge is -2.10. The van der Waals surface area contributed by atoms with Crippen LogP contribution in [-0.2, 0) is 11.4 Å². The fraction of sp³-hybridized carbons (Fsp3) is 0.267. The van der Waals surface area contributed by atoms with Crippen LogP contribution >= 0.6 is 0 Å². The Labute approximate surface area is 116 Å². The molecule has 1 unspecified atom stereocenters. The maximum Gasteiger partial charge on any atom is 0.246 e. The normalized spacial score (nSPS) is 16.9. The molecular weight excluding hydrogens is 256 g/mol. The van der Waals surface area contributed by atoms with Crippen molar-refractivity contribution < 1.29 is 13.9 Å². The molecule has 1 aromatic heterocycles. The average molecular weight is 272 g/mol. The molecule has 20 heavy (non-hydrogen) atoms. The smallest absolute Gasteiger partial charge is 0.246 e. The van der Waals surface area contributed by atoms with Crippen molar-refractivity contribution in [1.29, 1.82) is 0 Å². The third-order valence-electron chi connectivity index (χ3n) is 3.23. The van der Waals surface area contributed by atoms with E-state index in [9.17, 15) is 4.79 Å². The summed E-state index contributed by atoms with van der Waals surface area (Å²) < 4.78 is 10.8. The molecule has 2 N–H and O–H groups in total. The summed E-state index contributed by atoms with van der Waals surface area (Å²) in [6, 6.07) is 9.03. The Kier molecular flexibility index (Phi) is 3.43. The number of furan rings is 1. The number of nitrogens with one attached hydrogen (secondary N) is 2. The van der Waals surface area contributed by atoms with Gasteiger partial charge >= 0.3 is 0 Å². The minimum atomic E-state index is -0.269. The number of benzene rings is 1. The number of fused-ring (bicyclic) bond motifs is 1. The van der Waals surface area contributed by atoms with E-state index in [0.29, 0.717) is 12.4 Å². The van der Waals surface area contributed by atoms with Crippen LogP contribution in [0.2, 0.25) is 0 Å². The van der Waals surface area contributed by atoms with Crippen LogP contribution in [0.3, 0.4) is 0 Å². The third-order valence-corrected chi connectivity index (χ3v) is 3.23. The molecule has 5 heteroatoms. The number of rotatable bonds is 5. The predicted octanol–water partition coefficient (Wildman–Crippen LogP) is 2.46. The van der Waals surface area contributed by atoms with Gasteiger partial charge in [-0.15, -0.1) is 0 Å². The molecule has 2 aromatic rings. The van der Waals surface area contributed by atoms with E-state index in [1.807, 2.05) is 37.3 Å². The van der Waals surface area contributed by atoms with Gasteiger partial charge in [0.25, 0.3) is 0 Å². The van der Waals surface area contributed by atoms with Crippen LogP contribution in [0.5, 0.6) is 5.75 Å². The summed E-state index contributed by atoms with van der Waals surface area (Å²) in [4.78, 5) is 11.8. The van der Waals surface area contributed by atoms with Crippen LogP contribution in [0.4, 0.5) is 5.69 Å². The van der Waals surface area contributed by atoms with Gasteiger partial charge in [0.2, 0.25) is 5.91 Å². The molecule has 104 valence electrons. The fourth-order valence-electron chi connectivity index (χ4n) is 2.29. The van der Waals surface area contributed by atoms with Crippen molar-refractivity contribution in [1.82, 2.24) is 5.32 Å². The minimum absolute atomic E-state index is 0.0231. The number of ether oxygens (including phenoxy) is 1. The summed E-state index contributed by atoms with van der Waals surface area (Å²) in [6.45, 7) is 3.09. The van der Waals surface area contributed by atoms with Gasteiger partial charge in [0.15, 0.2) is 0 Å². The highest BCUT2D eigenvalue weighted by molar-refractivity contribution is 6.02. The molecule has 0 aliphatic carbocycles. The highest BCUT2D eigenvalue weighted by Gasteiger charge is 2.29. The summed E-state index contributed by atoms with van der Waals surface area (Å²) in [6.07, 6.45) is 1.61. The van der Waals surface area contributed by atoms with Gasteiger partial charge in [-0.25, -0.2) is 0 Å². The third kappa shape index (κ3) is 2.40. The minimum Gasteiger partial charge on any atom is -0.486 e. The molecule has 2 heterocycles. The molecule has 5 nitrogen and oxygen atoms in total. The van der Waals surface area contributed by atoms with Crippen molar-refractivity contribution in [2.75, 3.05) is 11.9 Å². The molecule has 0 saturated carbocycles. The summed E-state index contributed by atoms with van der Waals surface area (Å²) in [5.74, 6) is 1.45. The standard InChI is InChI=1S/C15H16N2O3/c1-2-16-14-12-6-5-10(8-13(12)17-15(14)18)20-9-11-4-3-7-19-11/h3-8,14,16H,2,9H2,1H3,(H,17,18). The molecule has 0 bridgehead atoms. The highest BCUT2D eigenvalue weighted by Crippen LogP contribution is 2.33. The Morgan fingerprint density at radius 1 is 1.40 bits per heavy atom. The molecule has 1 aliphatic rings. The Morgan fingerprint density at radius 2 is 2.30 bits per heavy atom. The van der Waals surface area contributed by atoms with Crippen molar-refractivity contribution in [3.63, 3.8) is 0 Å². The molecule has 0 saturated heterocycles. The fourth-order valence-corrected chi connectivity index (χ4v) is 2.29. The first kappa shape index (κ1) is 12.7. The number of anilines is 1. The lowest BCUT2D eigenvalue weighted by molar-refractivity contribution is -0.117. The predicted molar refractivity (Wildman–Crippen MR) is 74.5 cm³/mol. The zero-order valence-corrected chi connectivity index (χ0v) is 11.2.